The van der Waals surface area contributed by atoms with E-state index < -0.39 is 0 Å². The molecule has 1 atom stereocenters. The predicted octanol–water partition coefficient (Wildman–Crippen LogP) is 1.84. The van der Waals surface area contributed by atoms with Crippen LogP contribution >= 0.6 is 0 Å². The molecule has 1 N–H and O–H groups in total. The largest absolute Gasteiger partial charge is 0.387 e. The first-order chi connectivity index (χ1) is 7.36. The monoisotopic (exact) mass is 200 g/mol. The second-order valence-electron chi connectivity index (χ2n) is 3.39. The van der Waals surface area contributed by atoms with Crippen molar-refractivity contribution in [1.82, 2.24) is 5.32 Å². The minimum Gasteiger partial charge on any atom is -0.387 e. The maximum absolute atomic E-state index is 9.02. The zero-order chi connectivity index (χ0) is 10.7. The van der Waals surface area contributed by atoms with Gasteiger partial charge in [0.05, 0.1) is 11.7 Å². The van der Waals surface area contributed by atoms with Crippen molar-refractivity contribution in [3.8, 4) is 6.07 Å². The first-order valence-corrected chi connectivity index (χ1v) is 4.82. The number of methoxy groups -OCH3 is 1. The van der Waals surface area contributed by atoms with Crippen LogP contribution in [0, 0.1) is 11.3 Å². The zero-order valence-electron chi connectivity index (χ0n) is 8.53. The Hall–Kier alpha value is -1.79. The molecule has 1 unspecified atom stereocenters. The lowest BCUT2D eigenvalue weighted by molar-refractivity contribution is 0.106. The molecule has 1 aromatic carbocycles. The fraction of sp³-hybridized carbons (Fsp3) is 0.250. The first kappa shape index (κ1) is 9.75. The molecule has 3 nitrogen and oxygen atoms in total. The number of nitrogens with zero attached hydrogens (tertiary/aromatic N) is 1. The number of hydrogen-bond acceptors (Lipinski definition) is 3. The Morgan fingerprint density at radius 2 is 2.27 bits per heavy atom. The Morgan fingerprint density at radius 1 is 1.47 bits per heavy atom. The number of rotatable bonds is 1. The SMILES string of the molecule is COC1CNC=C(C#N)c2ccccc21. The Morgan fingerprint density at radius 3 is 3.00 bits per heavy atom. The van der Waals surface area contributed by atoms with Gasteiger partial charge in [0.2, 0.25) is 0 Å². The number of allylic oxidation sites excluding steroid dienone is 1. The average molecular weight is 200 g/mol. The molecule has 2 rings (SSSR count). The van der Waals surface area contributed by atoms with Crippen molar-refractivity contribution < 1.29 is 4.74 Å². The van der Waals surface area contributed by atoms with Gasteiger partial charge in [-0.3, -0.25) is 0 Å². The summed E-state index contributed by atoms with van der Waals surface area (Å²) in [5.41, 5.74) is 2.68. The minimum atomic E-state index is 0.00306. The smallest absolute Gasteiger partial charge is 0.101 e. The molecule has 1 aliphatic heterocycles. The molecular formula is C12H12N2O. The highest BCUT2D eigenvalue weighted by Gasteiger charge is 2.18. The summed E-state index contributed by atoms with van der Waals surface area (Å²) in [4.78, 5) is 0. The third kappa shape index (κ3) is 1.72. The lowest BCUT2D eigenvalue weighted by Gasteiger charge is -2.15. The normalized spacial score (nSPS) is 19.2. The first-order valence-electron chi connectivity index (χ1n) is 4.82. The second kappa shape index (κ2) is 4.16. The van der Waals surface area contributed by atoms with Crippen LogP contribution in [0.5, 0.6) is 0 Å². The van der Waals surface area contributed by atoms with E-state index in [2.05, 4.69) is 11.4 Å². The average Bonchev–Trinajstić information content (AvgIpc) is 2.47. The molecule has 1 heterocycles. The molecule has 0 aliphatic carbocycles. The molecular weight excluding hydrogens is 188 g/mol. The molecule has 1 aliphatic rings. The lowest BCUT2D eigenvalue weighted by Crippen LogP contribution is -2.16. The highest BCUT2D eigenvalue weighted by Crippen LogP contribution is 2.27. The zero-order valence-corrected chi connectivity index (χ0v) is 8.53. The molecule has 3 heteroatoms. The molecule has 0 amide bonds. The van der Waals surface area contributed by atoms with Crippen molar-refractivity contribution in [1.29, 1.82) is 5.26 Å². The van der Waals surface area contributed by atoms with Gasteiger partial charge >= 0.3 is 0 Å². The van der Waals surface area contributed by atoms with E-state index in [-0.39, 0.29) is 6.10 Å². The predicted molar refractivity (Wildman–Crippen MR) is 57.8 cm³/mol. The van der Waals surface area contributed by atoms with Crippen molar-refractivity contribution in [2.45, 2.75) is 6.10 Å². The minimum absolute atomic E-state index is 0.00306. The summed E-state index contributed by atoms with van der Waals surface area (Å²) < 4.78 is 5.39. The van der Waals surface area contributed by atoms with Gasteiger partial charge in [0.1, 0.15) is 6.07 Å². The summed E-state index contributed by atoms with van der Waals surface area (Å²) in [5, 5.41) is 12.1. The van der Waals surface area contributed by atoms with Gasteiger partial charge in [-0.15, -0.1) is 0 Å². The molecule has 0 radical (unpaired) electrons. The molecule has 76 valence electrons. The number of nitriles is 1. The van der Waals surface area contributed by atoms with Gasteiger partial charge in [0.15, 0.2) is 0 Å². The van der Waals surface area contributed by atoms with Crippen LogP contribution in [-0.4, -0.2) is 13.7 Å². The number of benzene rings is 1. The summed E-state index contributed by atoms with van der Waals surface area (Å²) in [6.45, 7) is 0.693. The quantitative estimate of drug-likeness (QED) is 0.752. The van der Waals surface area contributed by atoms with Crippen molar-refractivity contribution in [3.63, 3.8) is 0 Å². The van der Waals surface area contributed by atoms with Crippen molar-refractivity contribution in [3.05, 3.63) is 41.6 Å². The molecule has 0 saturated heterocycles. The van der Waals surface area contributed by atoms with Crippen LogP contribution in [0.15, 0.2) is 30.5 Å². The van der Waals surface area contributed by atoms with E-state index in [0.29, 0.717) is 12.1 Å². The van der Waals surface area contributed by atoms with E-state index in [1.165, 1.54) is 0 Å². The molecule has 15 heavy (non-hydrogen) atoms. The van der Waals surface area contributed by atoms with E-state index in [4.69, 9.17) is 10.00 Å². The van der Waals surface area contributed by atoms with Crippen LogP contribution in [-0.2, 0) is 4.74 Å². The van der Waals surface area contributed by atoms with E-state index in [1.54, 1.807) is 13.3 Å². The number of fused-ring (bicyclic) bond motifs is 1. The summed E-state index contributed by atoms with van der Waals surface area (Å²) >= 11 is 0. The van der Waals surface area contributed by atoms with E-state index in [9.17, 15) is 0 Å². The number of ether oxygens (including phenoxy) is 1. The van der Waals surface area contributed by atoms with Gasteiger partial charge in [-0.05, 0) is 11.1 Å². The molecule has 1 aromatic rings. The van der Waals surface area contributed by atoms with Gasteiger partial charge in [-0.1, -0.05) is 24.3 Å². The van der Waals surface area contributed by atoms with Crippen LogP contribution in [0.3, 0.4) is 0 Å². The molecule has 0 bridgehead atoms. The number of hydrogen-bond donors (Lipinski definition) is 1. The summed E-state index contributed by atoms with van der Waals surface area (Å²) in [6.07, 6.45) is 1.75. The highest BCUT2D eigenvalue weighted by molar-refractivity contribution is 5.79. The second-order valence-corrected chi connectivity index (χ2v) is 3.39. The molecule has 0 spiro atoms. The van der Waals surface area contributed by atoms with Gasteiger partial charge < -0.3 is 10.1 Å². The maximum atomic E-state index is 9.02. The summed E-state index contributed by atoms with van der Waals surface area (Å²) in [5.74, 6) is 0. The van der Waals surface area contributed by atoms with Crippen molar-refractivity contribution >= 4 is 5.57 Å². The van der Waals surface area contributed by atoms with Gasteiger partial charge in [0, 0.05) is 19.9 Å². The van der Waals surface area contributed by atoms with Crippen molar-refractivity contribution in [2.24, 2.45) is 0 Å². The molecule has 0 fully saturated rings. The van der Waals surface area contributed by atoms with Crippen LogP contribution in [0.4, 0.5) is 0 Å². The van der Waals surface area contributed by atoms with Crippen LogP contribution in [0.1, 0.15) is 17.2 Å². The third-order valence-electron chi connectivity index (χ3n) is 2.55. The fourth-order valence-corrected chi connectivity index (χ4v) is 1.78. The Balaban J connectivity index is 2.54. The maximum Gasteiger partial charge on any atom is 0.101 e. The topological polar surface area (TPSA) is 45.0 Å². The standard InChI is InChI=1S/C12H12N2O/c1-15-12-8-14-7-9(6-13)10-4-2-3-5-11(10)12/h2-5,7,12,14H,8H2,1H3. The summed E-state index contributed by atoms with van der Waals surface area (Å²) in [6, 6.07) is 10.0. The van der Waals surface area contributed by atoms with Crippen LogP contribution < -0.4 is 5.32 Å². The Bertz CT molecular complexity index is 431. The van der Waals surface area contributed by atoms with E-state index in [0.717, 1.165) is 11.1 Å². The van der Waals surface area contributed by atoms with E-state index in [1.807, 2.05) is 24.3 Å². The van der Waals surface area contributed by atoms with Gasteiger partial charge in [0.25, 0.3) is 0 Å². The lowest BCUT2D eigenvalue weighted by atomic mass is 9.98. The van der Waals surface area contributed by atoms with E-state index >= 15 is 0 Å². The molecule has 0 saturated carbocycles. The van der Waals surface area contributed by atoms with Gasteiger partial charge in [-0.2, -0.15) is 5.26 Å². The van der Waals surface area contributed by atoms with Gasteiger partial charge in [-0.25, -0.2) is 0 Å². The Labute approximate surface area is 89.0 Å². The van der Waals surface area contributed by atoms with Crippen LogP contribution in [0.2, 0.25) is 0 Å². The molecule has 0 aromatic heterocycles. The highest BCUT2D eigenvalue weighted by atomic mass is 16.5. The Kier molecular flexibility index (Phi) is 2.70. The van der Waals surface area contributed by atoms with Crippen LogP contribution in [0.25, 0.3) is 5.57 Å². The summed E-state index contributed by atoms with van der Waals surface area (Å²) in [7, 11) is 1.68. The fourth-order valence-electron chi connectivity index (χ4n) is 1.78. The number of nitrogens with one attached hydrogen (secondary N) is 1. The third-order valence-corrected chi connectivity index (χ3v) is 2.55. The van der Waals surface area contributed by atoms with Crippen molar-refractivity contribution in [2.75, 3.05) is 13.7 Å².